The first kappa shape index (κ1) is 15.2. The number of hydrogen-bond acceptors (Lipinski definition) is 2. The zero-order valence-electron chi connectivity index (χ0n) is 11.5. The molecule has 2 nitrogen and oxygen atoms in total. The standard InChI is InChI=1S/C16H17Cl2NO/c1-3-19-16(12-6-4-5-7-13(12)17)11-8-9-14(18)15(10-11)20-2/h4-10,16,19H,3H2,1-2H3. The molecule has 0 saturated carbocycles. The van der Waals surface area contributed by atoms with Crippen LogP contribution in [0.25, 0.3) is 0 Å². The van der Waals surface area contributed by atoms with Gasteiger partial charge in [-0.25, -0.2) is 0 Å². The molecule has 0 bridgehead atoms. The molecule has 1 atom stereocenters. The van der Waals surface area contributed by atoms with E-state index < -0.39 is 0 Å². The predicted octanol–water partition coefficient (Wildman–Crippen LogP) is 4.70. The molecule has 1 unspecified atom stereocenters. The van der Waals surface area contributed by atoms with Crippen LogP contribution in [0.2, 0.25) is 10.0 Å². The Morgan fingerprint density at radius 3 is 2.50 bits per heavy atom. The first-order chi connectivity index (χ1) is 9.67. The van der Waals surface area contributed by atoms with E-state index in [1.807, 2.05) is 42.5 Å². The van der Waals surface area contributed by atoms with Gasteiger partial charge in [0.2, 0.25) is 0 Å². The minimum absolute atomic E-state index is 0.0138. The van der Waals surface area contributed by atoms with E-state index in [2.05, 4.69) is 12.2 Å². The van der Waals surface area contributed by atoms with Crippen LogP contribution in [0.3, 0.4) is 0 Å². The molecule has 0 amide bonds. The van der Waals surface area contributed by atoms with Crippen molar-refractivity contribution in [3.05, 3.63) is 63.6 Å². The van der Waals surface area contributed by atoms with Gasteiger partial charge in [0.25, 0.3) is 0 Å². The minimum Gasteiger partial charge on any atom is -0.495 e. The van der Waals surface area contributed by atoms with Crippen molar-refractivity contribution in [2.75, 3.05) is 13.7 Å². The quantitative estimate of drug-likeness (QED) is 0.864. The van der Waals surface area contributed by atoms with Gasteiger partial charge in [0.15, 0.2) is 0 Å². The third kappa shape index (κ3) is 3.26. The van der Waals surface area contributed by atoms with Crippen LogP contribution in [-0.4, -0.2) is 13.7 Å². The van der Waals surface area contributed by atoms with Gasteiger partial charge < -0.3 is 10.1 Å². The molecular weight excluding hydrogens is 293 g/mol. The van der Waals surface area contributed by atoms with Crippen LogP contribution in [0.1, 0.15) is 24.1 Å². The molecule has 0 aliphatic rings. The van der Waals surface area contributed by atoms with E-state index in [0.29, 0.717) is 10.8 Å². The summed E-state index contributed by atoms with van der Waals surface area (Å²) < 4.78 is 5.29. The highest BCUT2D eigenvalue weighted by Crippen LogP contribution is 2.33. The van der Waals surface area contributed by atoms with Crippen LogP contribution >= 0.6 is 23.2 Å². The highest BCUT2D eigenvalue weighted by molar-refractivity contribution is 6.32. The maximum absolute atomic E-state index is 6.31. The van der Waals surface area contributed by atoms with Crippen molar-refractivity contribution in [1.82, 2.24) is 5.32 Å². The Bertz CT molecular complexity index is 586. The Morgan fingerprint density at radius 2 is 1.85 bits per heavy atom. The Hall–Kier alpha value is -1.22. The average Bonchev–Trinajstić information content (AvgIpc) is 2.46. The monoisotopic (exact) mass is 309 g/mol. The largest absolute Gasteiger partial charge is 0.495 e. The lowest BCUT2D eigenvalue weighted by Crippen LogP contribution is -2.22. The van der Waals surface area contributed by atoms with Crippen LogP contribution in [-0.2, 0) is 0 Å². The summed E-state index contributed by atoms with van der Waals surface area (Å²) in [5.74, 6) is 0.666. The van der Waals surface area contributed by atoms with Crippen LogP contribution in [0, 0.1) is 0 Å². The second kappa shape index (κ2) is 6.98. The van der Waals surface area contributed by atoms with Gasteiger partial charge in [-0.15, -0.1) is 0 Å². The number of nitrogens with one attached hydrogen (secondary N) is 1. The summed E-state index contributed by atoms with van der Waals surface area (Å²) in [6.07, 6.45) is 0. The van der Waals surface area contributed by atoms with Crippen LogP contribution in [0.4, 0.5) is 0 Å². The Kier molecular flexibility index (Phi) is 5.30. The molecule has 20 heavy (non-hydrogen) atoms. The van der Waals surface area contributed by atoms with E-state index in [-0.39, 0.29) is 6.04 Å². The maximum Gasteiger partial charge on any atom is 0.137 e. The molecule has 4 heteroatoms. The number of halogens is 2. The lowest BCUT2D eigenvalue weighted by Gasteiger charge is -2.21. The molecule has 0 heterocycles. The van der Waals surface area contributed by atoms with E-state index in [1.165, 1.54) is 0 Å². The number of benzene rings is 2. The summed E-state index contributed by atoms with van der Waals surface area (Å²) in [7, 11) is 1.61. The molecule has 0 radical (unpaired) electrons. The normalized spacial score (nSPS) is 12.2. The van der Waals surface area contributed by atoms with Gasteiger partial charge in [0, 0.05) is 5.02 Å². The first-order valence-corrected chi connectivity index (χ1v) is 7.24. The van der Waals surface area contributed by atoms with Crippen LogP contribution in [0.15, 0.2) is 42.5 Å². The lowest BCUT2D eigenvalue weighted by atomic mass is 9.98. The molecule has 0 aromatic heterocycles. The number of hydrogen-bond donors (Lipinski definition) is 1. The fraction of sp³-hybridized carbons (Fsp3) is 0.250. The Morgan fingerprint density at radius 1 is 1.10 bits per heavy atom. The average molecular weight is 310 g/mol. The van der Waals surface area contributed by atoms with Crippen molar-refractivity contribution in [3.63, 3.8) is 0 Å². The van der Waals surface area contributed by atoms with Crippen molar-refractivity contribution >= 4 is 23.2 Å². The number of ether oxygens (including phenoxy) is 1. The third-order valence-electron chi connectivity index (χ3n) is 3.13. The van der Waals surface area contributed by atoms with Crippen molar-refractivity contribution in [2.45, 2.75) is 13.0 Å². The van der Waals surface area contributed by atoms with Gasteiger partial charge in [0.05, 0.1) is 18.2 Å². The highest BCUT2D eigenvalue weighted by Gasteiger charge is 2.17. The summed E-state index contributed by atoms with van der Waals surface area (Å²) in [5, 5.41) is 4.79. The van der Waals surface area contributed by atoms with Crippen molar-refractivity contribution in [2.24, 2.45) is 0 Å². The zero-order valence-corrected chi connectivity index (χ0v) is 13.0. The molecule has 0 aliphatic carbocycles. The van der Waals surface area contributed by atoms with Gasteiger partial charge in [-0.3, -0.25) is 0 Å². The van der Waals surface area contributed by atoms with Gasteiger partial charge >= 0.3 is 0 Å². The summed E-state index contributed by atoms with van der Waals surface area (Å²) in [6, 6.07) is 13.6. The first-order valence-electron chi connectivity index (χ1n) is 6.48. The smallest absolute Gasteiger partial charge is 0.137 e. The van der Waals surface area contributed by atoms with Crippen LogP contribution in [0.5, 0.6) is 5.75 Å². The molecule has 2 rings (SSSR count). The van der Waals surface area contributed by atoms with Gasteiger partial charge in [0.1, 0.15) is 5.75 Å². The Balaban J connectivity index is 2.46. The van der Waals surface area contributed by atoms with E-state index in [9.17, 15) is 0 Å². The van der Waals surface area contributed by atoms with E-state index in [0.717, 1.165) is 22.7 Å². The van der Waals surface area contributed by atoms with Crippen molar-refractivity contribution in [3.8, 4) is 5.75 Å². The molecule has 0 spiro atoms. The van der Waals surface area contributed by atoms with E-state index in [4.69, 9.17) is 27.9 Å². The molecule has 1 N–H and O–H groups in total. The maximum atomic E-state index is 6.31. The predicted molar refractivity (Wildman–Crippen MR) is 85.0 cm³/mol. The van der Waals surface area contributed by atoms with Crippen molar-refractivity contribution < 1.29 is 4.74 Å². The van der Waals surface area contributed by atoms with E-state index in [1.54, 1.807) is 7.11 Å². The minimum atomic E-state index is 0.0138. The summed E-state index contributed by atoms with van der Waals surface area (Å²) >= 11 is 12.4. The fourth-order valence-electron chi connectivity index (χ4n) is 2.18. The summed E-state index contributed by atoms with van der Waals surface area (Å²) in [5.41, 5.74) is 2.11. The molecule has 106 valence electrons. The fourth-order valence-corrected chi connectivity index (χ4v) is 2.62. The van der Waals surface area contributed by atoms with E-state index >= 15 is 0 Å². The molecule has 2 aromatic carbocycles. The SMILES string of the molecule is CCNC(c1ccc(Cl)c(OC)c1)c1ccccc1Cl. The highest BCUT2D eigenvalue weighted by atomic mass is 35.5. The third-order valence-corrected chi connectivity index (χ3v) is 3.79. The molecule has 0 fully saturated rings. The Labute approximate surface area is 129 Å². The van der Waals surface area contributed by atoms with Gasteiger partial charge in [-0.1, -0.05) is 54.4 Å². The zero-order chi connectivity index (χ0) is 14.5. The van der Waals surface area contributed by atoms with Crippen molar-refractivity contribution in [1.29, 1.82) is 0 Å². The molecule has 0 saturated heterocycles. The second-order valence-electron chi connectivity index (χ2n) is 4.41. The molecular formula is C16H17Cl2NO. The molecule has 0 aliphatic heterocycles. The van der Waals surface area contributed by atoms with Crippen LogP contribution < -0.4 is 10.1 Å². The topological polar surface area (TPSA) is 21.3 Å². The van der Waals surface area contributed by atoms with Gasteiger partial charge in [-0.05, 0) is 35.9 Å². The summed E-state index contributed by atoms with van der Waals surface area (Å²) in [4.78, 5) is 0. The second-order valence-corrected chi connectivity index (χ2v) is 5.22. The van der Waals surface area contributed by atoms with Gasteiger partial charge in [-0.2, -0.15) is 0 Å². The molecule has 2 aromatic rings. The lowest BCUT2D eigenvalue weighted by molar-refractivity contribution is 0.414. The number of rotatable bonds is 5. The summed E-state index contributed by atoms with van der Waals surface area (Å²) in [6.45, 7) is 2.90. The number of methoxy groups -OCH3 is 1.